The van der Waals surface area contributed by atoms with Crippen LogP contribution in [0.4, 0.5) is 5.69 Å². The Kier molecular flexibility index (Phi) is 3.92. The molecule has 0 fully saturated rings. The van der Waals surface area contributed by atoms with E-state index in [-0.39, 0.29) is 5.91 Å². The van der Waals surface area contributed by atoms with Crippen LogP contribution in [0.5, 0.6) is 0 Å². The molecule has 120 valence electrons. The van der Waals surface area contributed by atoms with Crippen LogP contribution in [0.25, 0.3) is 6.08 Å². The van der Waals surface area contributed by atoms with E-state index in [1.54, 1.807) is 12.4 Å². The molecular weight excluding hydrogens is 310 g/mol. The van der Waals surface area contributed by atoms with E-state index in [1.807, 2.05) is 78.9 Å². The van der Waals surface area contributed by atoms with Crippen molar-refractivity contribution in [2.45, 2.75) is 0 Å². The van der Waals surface area contributed by atoms with Crippen LogP contribution in [0.3, 0.4) is 0 Å². The van der Waals surface area contributed by atoms with Gasteiger partial charge in [0.15, 0.2) is 0 Å². The van der Waals surface area contributed by atoms with Gasteiger partial charge in [-0.2, -0.15) is 10.1 Å². The van der Waals surface area contributed by atoms with Crippen molar-refractivity contribution in [3.05, 3.63) is 102 Å². The largest absolute Gasteiger partial charge is 0.281 e. The first-order valence-corrected chi connectivity index (χ1v) is 7.98. The van der Waals surface area contributed by atoms with E-state index in [1.165, 1.54) is 5.01 Å². The van der Waals surface area contributed by atoms with Crippen molar-refractivity contribution in [1.29, 1.82) is 0 Å². The Bertz CT molecular complexity index is 948. The number of carbonyl (C=O) groups excluding carboxylic acids is 1. The zero-order chi connectivity index (χ0) is 17.1. The number of anilines is 1. The van der Waals surface area contributed by atoms with Crippen LogP contribution in [-0.2, 0) is 4.79 Å². The lowest BCUT2D eigenvalue weighted by Crippen LogP contribution is -2.21. The van der Waals surface area contributed by atoms with Gasteiger partial charge in [0.1, 0.15) is 5.71 Å². The summed E-state index contributed by atoms with van der Waals surface area (Å²) in [5, 5.41) is 6.04. The van der Waals surface area contributed by atoms with Crippen LogP contribution in [0, 0.1) is 0 Å². The van der Waals surface area contributed by atoms with Crippen molar-refractivity contribution < 1.29 is 4.79 Å². The van der Waals surface area contributed by atoms with Crippen molar-refractivity contribution in [1.82, 2.24) is 4.98 Å². The van der Waals surface area contributed by atoms with Gasteiger partial charge in [0.25, 0.3) is 5.91 Å². The van der Waals surface area contributed by atoms with Crippen LogP contribution in [0.2, 0.25) is 0 Å². The topological polar surface area (TPSA) is 45.6 Å². The number of carbonyl (C=O) groups is 1. The summed E-state index contributed by atoms with van der Waals surface area (Å²) in [5.74, 6) is -0.137. The van der Waals surface area contributed by atoms with E-state index in [0.29, 0.717) is 11.3 Å². The highest BCUT2D eigenvalue weighted by Crippen LogP contribution is 2.27. The SMILES string of the molecule is O=C1/C(=C/c2ccccc2)C(c2ccncc2)=NN1c1ccccc1. The maximum atomic E-state index is 13.0. The molecule has 0 aliphatic carbocycles. The Hall–Kier alpha value is -3.53. The number of hydrogen-bond donors (Lipinski definition) is 0. The van der Waals surface area contributed by atoms with Crippen molar-refractivity contribution in [2.24, 2.45) is 5.10 Å². The highest BCUT2D eigenvalue weighted by Gasteiger charge is 2.31. The molecule has 1 aliphatic heterocycles. The van der Waals surface area contributed by atoms with Gasteiger partial charge in [0.2, 0.25) is 0 Å². The summed E-state index contributed by atoms with van der Waals surface area (Å²) >= 11 is 0. The number of nitrogens with zero attached hydrogens (tertiary/aromatic N) is 3. The highest BCUT2D eigenvalue weighted by atomic mass is 16.2. The molecule has 25 heavy (non-hydrogen) atoms. The van der Waals surface area contributed by atoms with Crippen LogP contribution >= 0.6 is 0 Å². The summed E-state index contributed by atoms with van der Waals surface area (Å²) in [6, 6.07) is 22.9. The van der Waals surface area contributed by atoms with Crippen molar-refractivity contribution in [3.63, 3.8) is 0 Å². The lowest BCUT2D eigenvalue weighted by atomic mass is 10.0. The molecule has 0 bridgehead atoms. The molecule has 3 aromatic rings. The molecule has 0 N–H and O–H groups in total. The minimum absolute atomic E-state index is 0.137. The fourth-order valence-corrected chi connectivity index (χ4v) is 2.73. The molecule has 4 heteroatoms. The minimum Gasteiger partial charge on any atom is -0.267 e. The Balaban J connectivity index is 1.83. The number of hydrazone groups is 1. The number of amides is 1. The average molecular weight is 325 g/mol. The van der Waals surface area contributed by atoms with Gasteiger partial charge < -0.3 is 0 Å². The molecule has 2 heterocycles. The summed E-state index contributed by atoms with van der Waals surface area (Å²) < 4.78 is 0. The van der Waals surface area contributed by atoms with Gasteiger partial charge in [-0.15, -0.1) is 0 Å². The molecular formula is C21H15N3O. The van der Waals surface area contributed by atoms with Gasteiger partial charge in [-0.05, 0) is 35.9 Å². The number of hydrogen-bond acceptors (Lipinski definition) is 3. The normalized spacial score (nSPS) is 15.5. The first-order chi connectivity index (χ1) is 12.3. The first-order valence-electron chi connectivity index (χ1n) is 7.98. The standard InChI is InChI=1S/C21H15N3O/c25-21-19(15-16-7-3-1-4-8-16)20(17-11-13-22-14-12-17)23-24(21)18-9-5-2-6-10-18/h1-15H/b19-15+. The van der Waals surface area contributed by atoms with E-state index < -0.39 is 0 Å². The van der Waals surface area contributed by atoms with Crippen LogP contribution in [0.15, 0.2) is 95.9 Å². The predicted octanol–water partition coefficient (Wildman–Crippen LogP) is 3.92. The Morgan fingerprint density at radius 2 is 1.44 bits per heavy atom. The van der Waals surface area contributed by atoms with Crippen molar-refractivity contribution in [3.8, 4) is 0 Å². The van der Waals surface area contributed by atoms with Crippen molar-refractivity contribution in [2.75, 3.05) is 5.01 Å². The zero-order valence-electron chi connectivity index (χ0n) is 13.4. The summed E-state index contributed by atoms with van der Waals surface area (Å²) in [6.07, 6.45) is 5.28. The monoisotopic (exact) mass is 325 g/mol. The van der Waals surface area contributed by atoms with Gasteiger partial charge in [-0.3, -0.25) is 9.78 Å². The summed E-state index contributed by atoms with van der Waals surface area (Å²) in [4.78, 5) is 17.1. The molecule has 2 aromatic carbocycles. The molecule has 0 saturated carbocycles. The van der Waals surface area contributed by atoms with E-state index in [0.717, 1.165) is 16.8 Å². The van der Waals surface area contributed by atoms with Crippen LogP contribution < -0.4 is 5.01 Å². The number of para-hydroxylation sites is 1. The van der Waals surface area contributed by atoms with Crippen LogP contribution in [0.1, 0.15) is 11.1 Å². The zero-order valence-corrected chi connectivity index (χ0v) is 13.4. The third-order valence-corrected chi connectivity index (χ3v) is 3.94. The molecule has 0 unspecified atom stereocenters. The Labute approximate surface area is 145 Å². The fraction of sp³-hybridized carbons (Fsp3) is 0. The summed E-state index contributed by atoms with van der Waals surface area (Å²) in [7, 11) is 0. The second kappa shape index (κ2) is 6.53. The smallest absolute Gasteiger partial charge is 0.267 e. The van der Waals surface area contributed by atoms with E-state index in [2.05, 4.69) is 10.1 Å². The van der Waals surface area contributed by atoms with E-state index in [9.17, 15) is 4.79 Å². The molecule has 0 saturated heterocycles. The van der Waals surface area contributed by atoms with Gasteiger partial charge in [-0.1, -0.05) is 48.5 Å². The van der Waals surface area contributed by atoms with E-state index in [4.69, 9.17) is 0 Å². The molecule has 4 nitrogen and oxygen atoms in total. The fourth-order valence-electron chi connectivity index (χ4n) is 2.73. The second-order valence-electron chi connectivity index (χ2n) is 5.61. The van der Waals surface area contributed by atoms with Gasteiger partial charge in [0.05, 0.1) is 11.3 Å². The van der Waals surface area contributed by atoms with Crippen molar-refractivity contribution >= 4 is 23.4 Å². The Morgan fingerprint density at radius 3 is 2.12 bits per heavy atom. The summed E-state index contributed by atoms with van der Waals surface area (Å²) in [6.45, 7) is 0. The average Bonchev–Trinajstić information content (AvgIpc) is 3.01. The minimum atomic E-state index is -0.137. The van der Waals surface area contributed by atoms with Crippen LogP contribution in [-0.4, -0.2) is 16.6 Å². The number of rotatable bonds is 3. The third kappa shape index (κ3) is 2.97. The number of aromatic nitrogens is 1. The molecule has 1 aromatic heterocycles. The molecule has 4 rings (SSSR count). The quantitative estimate of drug-likeness (QED) is 0.685. The molecule has 1 amide bonds. The third-order valence-electron chi connectivity index (χ3n) is 3.94. The maximum Gasteiger partial charge on any atom is 0.281 e. The van der Waals surface area contributed by atoms with E-state index >= 15 is 0 Å². The predicted molar refractivity (Wildman–Crippen MR) is 99.1 cm³/mol. The number of benzene rings is 2. The second-order valence-corrected chi connectivity index (χ2v) is 5.61. The molecule has 1 aliphatic rings. The summed E-state index contributed by atoms with van der Waals surface area (Å²) in [5.41, 5.74) is 3.79. The lowest BCUT2D eigenvalue weighted by Gasteiger charge is -2.10. The lowest BCUT2D eigenvalue weighted by molar-refractivity contribution is -0.114. The first kappa shape index (κ1) is 15.0. The van der Waals surface area contributed by atoms with Gasteiger partial charge >= 0.3 is 0 Å². The molecule has 0 radical (unpaired) electrons. The molecule has 0 spiro atoms. The Morgan fingerprint density at radius 1 is 0.800 bits per heavy atom. The molecule has 0 atom stereocenters. The van der Waals surface area contributed by atoms with Gasteiger partial charge in [0, 0.05) is 18.0 Å². The number of pyridine rings is 1. The highest BCUT2D eigenvalue weighted by molar-refractivity contribution is 6.37. The van der Waals surface area contributed by atoms with Gasteiger partial charge in [-0.25, -0.2) is 0 Å². The maximum absolute atomic E-state index is 13.0.